The van der Waals surface area contributed by atoms with E-state index in [4.69, 9.17) is 32.7 Å². The van der Waals surface area contributed by atoms with Gasteiger partial charge in [-0.05, 0) is 30.3 Å². The summed E-state index contributed by atoms with van der Waals surface area (Å²) >= 11 is 12.3. The average Bonchev–Trinajstić information content (AvgIpc) is 2.95. The standard InChI is InChI=1S/C18H13Cl2NO4/c1-24-9-3-4-10(15(7-9)25-2)14(22)8-11-16-12(19)5-6-13(20)17(16)21-18(11)23/h3-8H,1-2H3,(H,21,23)/b11-8-. The topological polar surface area (TPSA) is 64.6 Å². The first-order chi connectivity index (χ1) is 12.0. The fraction of sp³-hybridized carbons (Fsp3) is 0.111. The van der Waals surface area contributed by atoms with Gasteiger partial charge in [0.05, 0.1) is 41.1 Å². The molecule has 5 nitrogen and oxygen atoms in total. The lowest BCUT2D eigenvalue weighted by Gasteiger charge is -2.08. The SMILES string of the molecule is COc1ccc(C(=O)/C=C2\C(=O)Nc3c(Cl)ccc(Cl)c32)c(OC)c1. The Labute approximate surface area is 154 Å². The summed E-state index contributed by atoms with van der Waals surface area (Å²) < 4.78 is 10.3. The zero-order chi connectivity index (χ0) is 18.1. The second-order valence-corrected chi connectivity index (χ2v) is 6.04. The molecule has 2 aromatic rings. The van der Waals surface area contributed by atoms with Crippen LogP contribution in [0.1, 0.15) is 15.9 Å². The van der Waals surface area contributed by atoms with Gasteiger partial charge < -0.3 is 14.8 Å². The molecule has 0 saturated carbocycles. The van der Waals surface area contributed by atoms with Gasteiger partial charge in [0.1, 0.15) is 11.5 Å². The highest BCUT2D eigenvalue weighted by Crippen LogP contribution is 2.42. The second kappa shape index (κ2) is 6.78. The summed E-state index contributed by atoms with van der Waals surface area (Å²) in [6, 6.07) is 7.97. The molecular weight excluding hydrogens is 365 g/mol. The molecule has 1 N–H and O–H groups in total. The molecule has 25 heavy (non-hydrogen) atoms. The molecular formula is C18H13Cl2NO4. The molecule has 0 spiro atoms. The largest absolute Gasteiger partial charge is 0.497 e. The number of hydrogen-bond acceptors (Lipinski definition) is 4. The predicted molar refractivity (Wildman–Crippen MR) is 96.9 cm³/mol. The van der Waals surface area contributed by atoms with Crippen molar-refractivity contribution in [3.05, 3.63) is 57.6 Å². The lowest BCUT2D eigenvalue weighted by molar-refractivity contribution is -0.110. The van der Waals surface area contributed by atoms with Gasteiger partial charge in [0.2, 0.25) is 0 Å². The third-order valence-corrected chi connectivity index (χ3v) is 4.44. The van der Waals surface area contributed by atoms with E-state index in [0.717, 1.165) is 0 Å². The van der Waals surface area contributed by atoms with Crippen LogP contribution in [0.4, 0.5) is 5.69 Å². The number of halogens is 2. The van der Waals surface area contributed by atoms with E-state index >= 15 is 0 Å². The summed E-state index contributed by atoms with van der Waals surface area (Å²) in [4.78, 5) is 24.9. The highest BCUT2D eigenvalue weighted by molar-refractivity contribution is 6.45. The van der Waals surface area contributed by atoms with Crippen molar-refractivity contribution in [3.63, 3.8) is 0 Å². The third kappa shape index (κ3) is 3.08. The first kappa shape index (κ1) is 17.3. The van der Waals surface area contributed by atoms with Crippen LogP contribution >= 0.6 is 23.2 Å². The number of benzene rings is 2. The zero-order valence-electron chi connectivity index (χ0n) is 13.4. The van der Waals surface area contributed by atoms with Crippen molar-refractivity contribution in [2.75, 3.05) is 19.5 Å². The number of ketones is 1. The van der Waals surface area contributed by atoms with E-state index in [1.165, 1.54) is 20.3 Å². The molecule has 2 aromatic carbocycles. The van der Waals surface area contributed by atoms with Crippen molar-refractivity contribution in [2.45, 2.75) is 0 Å². The molecule has 0 bridgehead atoms. The van der Waals surface area contributed by atoms with Crippen molar-refractivity contribution >= 4 is 46.2 Å². The van der Waals surface area contributed by atoms with Crippen LogP contribution in [-0.2, 0) is 4.79 Å². The van der Waals surface area contributed by atoms with Gasteiger partial charge in [-0.2, -0.15) is 0 Å². The van der Waals surface area contributed by atoms with Crippen LogP contribution in [0.5, 0.6) is 11.5 Å². The molecule has 0 atom stereocenters. The molecule has 128 valence electrons. The van der Waals surface area contributed by atoms with Gasteiger partial charge in [0.25, 0.3) is 5.91 Å². The lowest BCUT2D eigenvalue weighted by Crippen LogP contribution is -2.07. The maximum atomic E-state index is 12.7. The van der Waals surface area contributed by atoms with Gasteiger partial charge in [-0.3, -0.25) is 9.59 Å². The third-order valence-electron chi connectivity index (χ3n) is 3.81. The molecule has 0 aliphatic carbocycles. The van der Waals surface area contributed by atoms with E-state index in [0.29, 0.717) is 38.4 Å². The minimum absolute atomic E-state index is 0.158. The van der Waals surface area contributed by atoms with Crippen LogP contribution < -0.4 is 14.8 Å². The van der Waals surface area contributed by atoms with Crippen molar-refractivity contribution in [2.24, 2.45) is 0 Å². The average molecular weight is 378 g/mol. The molecule has 0 aromatic heterocycles. The van der Waals surface area contributed by atoms with Gasteiger partial charge >= 0.3 is 0 Å². The Morgan fingerprint density at radius 1 is 1.08 bits per heavy atom. The molecule has 0 radical (unpaired) electrons. The summed E-state index contributed by atoms with van der Waals surface area (Å²) in [7, 11) is 2.97. The number of methoxy groups -OCH3 is 2. The Balaban J connectivity index is 2.07. The molecule has 0 unspecified atom stereocenters. The number of carbonyl (C=O) groups is 2. The Kier molecular flexibility index (Phi) is 4.70. The van der Waals surface area contributed by atoms with E-state index in [1.54, 1.807) is 30.3 Å². The number of ether oxygens (including phenoxy) is 2. The fourth-order valence-electron chi connectivity index (χ4n) is 2.58. The quantitative estimate of drug-likeness (QED) is 0.639. The predicted octanol–water partition coefficient (Wildman–Crippen LogP) is 4.23. The monoisotopic (exact) mass is 377 g/mol. The van der Waals surface area contributed by atoms with Crippen molar-refractivity contribution in [1.29, 1.82) is 0 Å². The number of carbonyl (C=O) groups excluding carboxylic acids is 2. The molecule has 1 amide bonds. The summed E-state index contributed by atoms with van der Waals surface area (Å²) in [5, 5.41) is 3.32. The number of allylic oxidation sites excluding steroid dienone is 1. The van der Waals surface area contributed by atoms with Crippen LogP contribution in [-0.4, -0.2) is 25.9 Å². The number of anilines is 1. The van der Waals surface area contributed by atoms with Crippen molar-refractivity contribution < 1.29 is 19.1 Å². The van der Waals surface area contributed by atoms with E-state index in [1.807, 2.05) is 0 Å². The molecule has 3 rings (SSSR count). The number of hydrogen-bond donors (Lipinski definition) is 1. The Morgan fingerprint density at radius 3 is 2.48 bits per heavy atom. The smallest absolute Gasteiger partial charge is 0.256 e. The van der Waals surface area contributed by atoms with E-state index in [9.17, 15) is 9.59 Å². The summed E-state index contributed by atoms with van der Waals surface area (Å²) in [6.07, 6.45) is 1.23. The first-order valence-corrected chi connectivity index (χ1v) is 7.99. The normalized spacial score (nSPS) is 14.2. The lowest BCUT2D eigenvalue weighted by atomic mass is 10.0. The number of rotatable bonds is 4. The van der Waals surface area contributed by atoms with Crippen LogP contribution in [0.3, 0.4) is 0 Å². The number of fused-ring (bicyclic) bond motifs is 1. The van der Waals surface area contributed by atoms with Crippen LogP contribution in [0.15, 0.2) is 36.4 Å². The van der Waals surface area contributed by atoms with E-state index < -0.39 is 11.7 Å². The highest BCUT2D eigenvalue weighted by Gasteiger charge is 2.29. The van der Waals surface area contributed by atoms with Crippen molar-refractivity contribution in [1.82, 2.24) is 0 Å². The van der Waals surface area contributed by atoms with Crippen LogP contribution in [0.25, 0.3) is 5.57 Å². The van der Waals surface area contributed by atoms with E-state index in [2.05, 4.69) is 5.32 Å². The number of nitrogens with one attached hydrogen (secondary N) is 1. The Morgan fingerprint density at radius 2 is 1.80 bits per heavy atom. The molecule has 0 saturated heterocycles. The summed E-state index contributed by atoms with van der Waals surface area (Å²) in [5.41, 5.74) is 1.28. The first-order valence-electron chi connectivity index (χ1n) is 7.24. The fourth-order valence-corrected chi connectivity index (χ4v) is 3.04. The highest BCUT2D eigenvalue weighted by atomic mass is 35.5. The van der Waals surface area contributed by atoms with Gasteiger partial charge in [-0.25, -0.2) is 0 Å². The van der Waals surface area contributed by atoms with Gasteiger partial charge in [0.15, 0.2) is 5.78 Å². The Hall–Kier alpha value is -2.50. The summed E-state index contributed by atoms with van der Waals surface area (Å²) in [6.45, 7) is 0. The minimum Gasteiger partial charge on any atom is -0.497 e. The maximum absolute atomic E-state index is 12.7. The molecule has 1 aliphatic heterocycles. The van der Waals surface area contributed by atoms with E-state index in [-0.39, 0.29) is 5.57 Å². The van der Waals surface area contributed by atoms with Crippen molar-refractivity contribution in [3.8, 4) is 11.5 Å². The summed E-state index contributed by atoms with van der Waals surface area (Å²) in [5.74, 6) is 0.0660. The maximum Gasteiger partial charge on any atom is 0.256 e. The molecule has 0 fully saturated rings. The molecule has 7 heteroatoms. The van der Waals surface area contributed by atoms with Crippen LogP contribution in [0, 0.1) is 0 Å². The Bertz CT molecular complexity index is 922. The second-order valence-electron chi connectivity index (χ2n) is 5.22. The number of amides is 1. The van der Waals surface area contributed by atoms with Gasteiger partial charge in [0, 0.05) is 11.6 Å². The van der Waals surface area contributed by atoms with Crippen LogP contribution in [0.2, 0.25) is 10.0 Å². The zero-order valence-corrected chi connectivity index (χ0v) is 14.9. The van der Waals surface area contributed by atoms with Gasteiger partial charge in [-0.1, -0.05) is 23.2 Å². The van der Waals surface area contributed by atoms with Gasteiger partial charge in [-0.15, -0.1) is 0 Å². The molecule has 1 heterocycles. The molecule has 1 aliphatic rings. The minimum atomic E-state index is -0.439.